The molecule has 0 aromatic rings. The topological polar surface area (TPSA) is 40.5 Å². The average Bonchev–Trinajstić information content (AvgIpc) is 2.71. The van der Waals surface area contributed by atoms with E-state index < -0.39 is 5.97 Å². The van der Waals surface area contributed by atoms with Gasteiger partial charge in [-0.1, -0.05) is 6.92 Å². The van der Waals surface area contributed by atoms with Gasteiger partial charge in [-0.05, 0) is 26.3 Å². The average molecular weight is 229 g/mol. The lowest BCUT2D eigenvalue weighted by atomic mass is 10.0. The Morgan fingerprint density at radius 3 is 2.67 bits per heavy atom. The first-order chi connectivity index (χ1) is 7.09. The van der Waals surface area contributed by atoms with Crippen molar-refractivity contribution in [1.82, 2.24) is 4.90 Å². The molecule has 4 atom stereocenters. The molecule has 4 unspecified atom stereocenters. The van der Waals surface area contributed by atoms with Crippen molar-refractivity contribution in [3.05, 3.63) is 0 Å². The summed E-state index contributed by atoms with van der Waals surface area (Å²) in [5.41, 5.74) is 0. The first kappa shape index (κ1) is 11.3. The summed E-state index contributed by atoms with van der Waals surface area (Å²) in [5.74, 6) is 0.410. The predicted molar refractivity (Wildman–Crippen MR) is 62.2 cm³/mol. The molecule has 0 bridgehead atoms. The number of aliphatic carboxylic acids is 1. The quantitative estimate of drug-likeness (QED) is 0.782. The summed E-state index contributed by atoms with van der Waals surface area (Å²) < 4.78 is 0. The molecule has 2 saturated heterocycles. The van der Waals surface area contributed by atoms with Crippen LogP contribution >= 0.6 is 11.8 Å². The number of hydrogen-bond acceptors (Lipinski definition) is 3. The van der Waals surface area contributed by atoms with E-state index >= 15 is 0 Å². The van der Waals surface area contributed by atoms with Gasteiger partial charge in [0, 0.05) is 23.1 Å². The van der Waals surface area contributed by atoms with Gasteiger partial charge in [-0.25, -0.2) is 0 Å². The van der Waals surface area contributed by atoms with E-state index in [1.165, 1.54) is 12.2 Å². The van der Waals surface area contributed by atoms with Crippen molar-refractivity contribution in [2.24, 2.45) is 5.92 Å². The normalized spacial score (nSPS) is 42.3. The van der Waals surface area contributed by atoms with Crippen molar-refractivity contribution in [3.8, 4) is 0 Å². The summed E-state index contributed by atoms with van der Waals surface area (Å²) in [5, 5.41) is 9.81. The van der Waals surface area contributed by atoms with Crippen LogP contribution in [0.3, 0.4) is 0 Å². The third-order valence-corrected chi connectivity index (χ3v) is 5.11. The van der Waals surface area contributed by atoms with E-state index in [1.54, 1.807) is 0 Å². The van der Waals surface area contributed by atoms with Crippen LogP contribution in [0.15, 0.2) is 0 Å². The minimum atomic E-state index is -0.622. The maximum atomic E-state index is 11.0. The Hall–Kier alpha value is -0.220. The number of thioether (sulfide) groups is 1. The van der Waals surface area contributed by atoms with Crippen molar-refractivity contribution in [3.63, 3.8) is 0 Å². The molecule has 2 heterocycles. The number of rotatable bonds is 2. The van der Waals surface area contributed by atoms with Crippen molar-refractivity contribution < 1.29 is 9.90 Å². The predicted octanol–water partition coefficient (Wildman–Crippen LogP) is 1.68. The Labute approximate surface area is 95.2 Å². The zero-order valence-corrected chi connectivity index (χ0v) is 10.2. The maximum Gasteiger partial charge on any atom is 0.308 e. The molecule has 0 aliphatic carbocycles. The van der Waals surface area contributed by atoms with Gasteiger partial charge in [0.15, 0.2) is 0 Å². The summed E-state index contributed by atoms with van der Waals surface area (Å²) >= 11 is 2.01. The first-order valence-electron chi connectivity index (χ1n) is 5.69. The highest BCUT2D eigenvalue weighted by Crippen LogP contribution is 2.35. The molecule has 0 amide bonds. The Morgan fingerprint density at radius 2 is 2.20 bits per heavy atom. The van der Waals surface area contributed by atoms with Gasteiger partial charge < -0.3 is 5.11 Å². The number of nitrogens with zero attached hydrogens (tertiary/aromatic N) is 1. The van der Waals surface area contributed by atoms with Crippen LogP contribution in [0.1, 0.15) is 26.7 Å². The molecule has 2 aliphatic rings. The van der Waals surface area contributed by atoms with Gasteiger partial charge in [0.2, 0.25) is 0 Å². The summed E-state index contributed by atoms with van der Waals surface area (Å²) in [7, 11) is 0. The Morgan fingerprint density at radius 1 is 1.47 bits per heavy atom. The lowest BCUT2D eigenvalue weighted by Gasteiger charge is -2.28. The number of likely N-dealkylation sites (tertiary alicyclic amines) is 1. The van der Waals surface area contributed by atoms with Gasteiger partial charge in [-0.15, -0.1) is 0 Å². The molecule has 0 spiro atoms. The molecule has 4 heteroatoms. The fourth-order valence-corrected chi connectivity index (χ4v) is 4.07. The molecule has 3 nitrogen and oxygen atoms in total. The molecule has 2 rings (SSSR count). The van der Waals surface area contributed by atoms with Gasteiger partial charge >= 0.3 is 5.97 Å². The van der Waals surface area contributed by atoms with E-state index in [2.05, 4.69) is 18.7 Å². The smallest absolute Gasteiger partial charge is 0.308 e. The molecule has 86 valence electrons. The van der Waals surface area contributed by atoms with E-state index in [4.69, 9.17) is 5.11 Å². The van der Waals surface area contributed by atoms with Gasteiger partial charge in [-0.3, -0.25) is 9.69 Å². The van der Waals surface area contributed by atoms with E-state index in [0.29, 0.717) is 6.04 Å². The molecule has 2 aliphatic heterocycles. The second-order valence-corrected chi connectivity index (χ2v) is 6.22. The van der Waals surface area contributed by atoms with Crippen LogP contribution in [-0.2, 0) is 4.79 Å². The first-order valence-corrected chi connectivity index (χ1v) is 6.74. The summed E-state index contributed by atoms with van der Waals surface area (Å²) in [6.45, 7) is 5.30. The van der Waals surface area contributed by atoms with Gasteiger partial charge in [0.1, 0.15) is 0 Å². The Kier molecular flexibility index (Phi) is 3.26. The molecular weight excluding hydrogens is 210 g/mol. The largest absolute Gasteiger partial charge is 0.481 e. The third kappa shape index (κ3) is 2.16. The van der Waals surface area contributed by atoms with Crippen LogP contribution in [0, 0.1) is 5.92 Å². The lowest BCUT2D eigenvalue weighted by molar-refractivity contribution is -0.142. The lowest BCUT2D eigenvalue weighted by Crippen LogP contribution is -2.40. The molecule has 0 aromatic heterocycles. The Bertz CT molecular complexity index is 259. The van der Waals surface area contributed by atoms with E-state index in [0.717, 1.165) is 18.2 Å². The van der Waals surface area contributed by atoms with Crippen molar-refractivity contribution in [2.75, 3.05) is 12.3 Å². The number of carboxylic acids is 1. The second kappa shape index (κ2) is 4.34. The van der Waals surface area contributed by atoms with Gasteiger partial charge in [0.05, 0.1) is 5.92 Å². The van der Waals surface area contributed by atoms with Crippen LogP contribution < -0.4 is 0 Å². The standard InChI is InChI=1S/C11H19NO2S/c1-7-5-9(6-15-7)12-4-3-10(8(12)2)11(13)14/h7-10H,3-6H2,1-2H3,(H,13,14). The van der Waals surface area contributed by atoms with Crippen LogP contribution in [0.4, 0.5) is 0 Å². The van der Waals surface area contributed by atoms with Crippen molar-refractivity contribution in [2.45, 2.75) is 44.0 Å². The van der Waals surface area contributed by atoms with Crippen LogP contribution in [0.25, 0.3) is 0 Å². The molecule has 15 heavy (non-hydrogen) atoms. The number of carbonyl (C=O) groups is 1. The highest BCUT2D eigenvalue weighted by atomic mass is 32.2. The molecule has 2 fully saturated rings. The summed E-state index contributed by atoms with van der Waals surface area (Å²) in [4.78, 5) is 13.4. The monoisotopic (exact) mass is 229 g/mol. The van der Waals surface area contributed by atoms with E-state index in [9.17, 15) is 4.79 Å². The zero-order chi connectivity index (χ0) is 11.0. The Balaban J connectivity index is 1.97. The molecule has 0 aromatic carbocycles. The fourth-order valence-electron chi connectivity index (χ4n) is 2.83. The van der Waals surface area contributed by atoms with Crippen molar-refractivity contribution >= 4 is 17.7 Å². The zero-order valence-electron chi connectivity index (χ0n) is 9.35. The van der Waals surface area contributed by atoms with Crippen molar-refractivity contribution in [1.29, 1.82) is 0 Å². The van der Waals surface area contributed by atoms with E-state index in [1.807, 2.05) is 11.8 Å². The van der Waals surface area contributed by atoms with Crippen LogP contribution in [0.5, 0.6) is 0 Å². The van der Waals surface area contributed by atoms with Gasteiger partial charge in [0.25, 0.3) is 0 Å². The van der Waals surface area contributed by atoms with Gasteiger partial charge in [-0.2, -0.15) is 11.8 Å². The molecule has 1 N–H and O–H groups in total. The van der Waals surface area contributed by atoms with Crippen LogP contribution in [0.2, 0.25) is 0 Å². The second-order valence-electron chi connectivity index (χ2n) is 4.75. The number of hydrogen-bond donors (Lipinski definition) is 1. The SMILES string of the molecule is CC1CC(N2CCC(C(=O)O)C2C)CS1. The molecular formula is C11H19NO2S. The minimum absolute atomic E-state index is 0.147. The maximum absolute atomic E-state index is 11.0. The number of carboxylic acid groups (broad SMARTS) is 1. The minimum Gasteiger partial charge on any atom is -0.481 e. The van der Waals surface area contributed by atoms with Crippen LogP contribution in [-0.4, -0.2) is 45.6 Å². The molecule has 0 saturated carbocycles. The highest BCUT2D eigenvalue weighted by Gasteiger charge is 2.40. The fraction of sp³-hybridized carbons (Fsp3) is 0.909. The summed E-state index contributed by atoms with van der Waals surface area (Å²) in [6, 6.07) is 0.836. The third-order valence-electron chi connectivity index (χ3n) is 3.77. The highest BCUT2D eigenvalue weighted by molar-refractivity contribution is 8.00. The summed E-state index contributed by atoms with van der Waals surface area (Å²) in [6.07, 6.45) is 2.05. The molecule has 0 radical (unpaired) electrons. The van der Waals surface area contributed by atoms with E-state index in [-0.39, 0.29) is 12.0 Å².